The molecule has 0 radical (unpaired) electrons. The third-order valence-electron chi connectivity index (χ3n) is 3.98. The average molecular weight is 454 g/mol. The van der Waals surface area contributed by atoms with Gasteiger partial charge in [-0.15, -0.1) is 11.8 Å². The number of amides is 1. The lowest BCUT2D eigenvalue weighted by atomic mass is 10.2. The van der Waals surface area contributed by atoms with E-state index in [1.807, 2.05) is 6.07 Å². The van der Waals surface area contributed by atoms with E-state index in [0.717, 1.165) is 12.1 Å². The predicted octanol–water partition coefficient (Wildman–Crippen LogP) is 3.59. The molecule has 0 saturated heterocycles. The first-order valence-corrected chi connectivity index (χ1v) is 10.3. The smallest absolute Gasteiger partial charge is 0.383 e. The largest absolute Gasteiger partial charge is 0.416 e. The topological polar surface area (TPSA) is 112 Å². The second kappa shape index (κ2) is 10.8. The first-order valence-electron chi connectivity index (χ1n) is 9.03. The van der Waals surface area contributed by atoms with Gasteiger partial charge in [0.1, 0.15) is 22.7 Å². The molecule has 0 spiro atoms. The Morgan fingerprint density at radius 1 is 1.35 bits per heavy atom. The number of thioether (sulfide) groups is 1. The molecule has 0 aliphatic heterocycles. The maximum Gasteiger partial charge on any atom is 0.416 e. The van der Waals surface area contributed by atoms with Gasteiger partial charge in [0.05, 0.1) is 12.2 Å². The van der Waals surface area contributed by atoms with Crippen LogP contribution in [0.4, 0.5) is 30.6 Å². The molecule has 1 aromatic heterocycles. The van der Waals surface area contributed by atoms with E-state index >= 15 is 0 Å². The van der Waals surface area contributed by atoms with Crippen molar-refractivity contribution in [3.8, 4) is 6.07 Å². The van der Waals surface area contributed by atoms with Gasteiger partial charge in [0.15, 0.2) is 5.82 Å². The number of nitrogens with one attached hydrogen (secondary N) is 3. The second-order valence-corrected chi connectivity index (χ2v) is 7.04. The standard InChI is InChI=1S/C19H21F3N6O2S/c1-11(25-13-6-4-5-12(9-13)19(20,21)22)16(29)26-15-14(10-23)17(31-3)28-18(27-15)24-7-8-30-2/h4-6,9,11,25H,7-8H2,1-3H3,(H2,24,26,27,28,29)/t11-/m0/s1. The SMILES string of the molecule is COCCNc1nc(NC(=O)[C@H](C)Nc2cccc(C(F)(F)F)c2)c(C#N)c(SC)n1. The highest BCUT2D eigenvalue weighted by Gasteiger charge is 2.30. The highest BCUT2D eigenvalue weighted by Crippen LogP contribution is 2.31. The van der Waals surface area contributed by atoms with E-state index in [-0.39, 0.29) is 23.0 Å². The number of alkyl halides is 3. The van der Waals surface area contributed by atoms with Crippen LogP contribution in [0.5, 0.6) is 0 Å². The second-order valence-electron chi connectivity index (χ2n) is 6.25. The van der Waals surface area contributed by atoms with Crippen molar-refractivity contribution in [2.45, 2.75) is 24.2 Å². The molecule has 0 aliphatic rings. The molecule has 0 unspecified atom stereocenters. The molecule has 2 aromatic rings. The summed E-state index contributed by atoms with van der Waals surface area (Å²) in [6.45, 7) is 2.30. The molecule has 8 nitrogen and oxygen atoms in total. The summed E-state index contributed by atoms with van der Waals surface area (Å²) >= 11 is 1.21. The average Bonchev–Trinajstić information content (AvgIpc) is 2.73. The molecule has 31 heavy (non-hydrogen) atoms. The van der Waals surface area contributed by atoms with E-state index in [1.165, 1.54) is 30.8 Å². The number of carbonyl (C=O) groups is 1. The highest BCUT2D eigenvalue weighted by molar-refractivity contribution is 7.98. The first-order chi connectivity index (χ1) is 14.7. The number of hydrogen-bond acceptors (Lipinski definition) is 8. The molecule has 12 heteroatoms. The van der Waals surface area contributed by atoms with Gasteiger partial charge in [-0.2, -0.15) is 23.4 Å². The van der Waals surface area contributed by atoms with E-state index in [4.69, 9.17) is 4.74 Å². The molecule has 0 saturated carbocycles. The van der Waals surface area contributed by atoms with Crippen molar-refractivity contribution >= 4 is 35.1 Å². The van der Waals surface area contributed by atoms with Crippen LogP contribution in [0.2, 0.25) is 0 Å². The maximum absolute atomic E-state index is 12.9. The first kappa shape index (κ1) is 24.2. The van der Waals surface area contributed by atoms with E-state index in [1.54, 1.807) is 13.4 Å². The molecule has 166 valence electrons. The van der Waals surface area contributed by atoms with Crippen LogP contribution in [-0.4, -0.2) is 48.4 Å². The fraction of sp³-hybridized carbons (Fsp3) is 0.368. The van der Waals surface area contributed by atoms with Crippen molar-refractivity contribution in [1.82, 2.24) is 9.97 Å². The number of methoxy groups -OCH3 is 1. The Kier molecular flexibility index (Phi) is 8.47. The monoisotopic (exact) mass is 454 g/mol. The van der Waals surface area contributed by atoms with Crippen molar-refractivity contribution < 1.29 is 22.7 Å². The summed E-state index contributed by atoms with van der Waals surface area (Å²) < 4.78 is 43.6. The Hall–Kier alpha value is -3.04. The molecule has 1 heterocycles. The van der Waals surface area contributed by atoms with Gasteiger partial charge in [0, 0.05) is 19.3 Å². The van der Waals surface area contributed by atoms with Crippen LogP contribution < -0.4 is 16.0 Å². The Labute approximate surface area is 181 Å². The normalized spacial score (nSPS) is 12.0. The van der Waals surface area contributed by atoms with Crippen LogP contribution in [0.3, 0.4) is 0 Å². The summed E-state index contributed by atoms with van der Waals surface area (Å²) in [7, 11) is 1.54. The van der Waals surface area contributed by atoms with Gasteiger partial charge in [-0.05, 0) is 31.4 Å². The minimum absolute atomic E-state index is 0.00413. The summed E-state index contributed by atoms with van der Waals surface area (Å²) in [6.07, 6.45) is -2.77. The zero-order chi connectivity index (χ0) is 23.0. The number of aromatic nitrogens is 2. The Morgan fingerprint density at radius 3 is 2.71 bits per heavy atom. The van der Waals surface area contributed by atoms with Gasteiger partial charge in [-0.1, -0.05) is 6.07 Å². The molecule has 3 N–H and O–H groups in total. The van der Waals surface area contributed by atoms with Gasteiger partial charge in [0.25, 0.3) is 0 Å². The van der Waals surface area contributed by atoms with Crippen LogP contribution in [-0.2, 0) is 15.7 Å². The maximum atomic E-state index is 12.9. The van der Waals surface area contributed by atoms with E-state index in [2.05, 4.69) is 25.9 Å². The van der Waals surface area contributed by atoms with Gasteiger partial charge < -0.3 is 20.7 Å². The van der Waals surface area contributed by atoms with E-state index < -0.39 is 23.7 Å². The Morgan fingerprint density at radius 2 is 2.10 bits per heavy atom. The lowest BCUT2D eigenvalue weighted by Gasteiger charge is -2.17. The molecular weight excluding hydrogens is 433 g/mol. The molecule has 0 aliphatic carbocycles. The van der Waals surface area contributed by atoms with Gasteiger partial charge in [-0.3, -0.25) is 4.79 Å². The third-order valence-corrected chi connectivity index (χ3v) is 4.66. The molecule has 0 bridgehead atoms. The molecular formula is C19H21F3N6O2S. The van der Waals surface area contributed by atoms with Gasteiger partial charge in [0.2, 0.25) is 11.9 Å². The summed E-state index contributed by atoms with van der Waals surface area (Å²) in [5.74, 6) is -0.374. The Balaban J connectivity index is 2.19. The molecule has 2 rings (SSSR count). The summed E-state index contributed by atoms with van der Waals surface area (Å²) in [5, 5.41) is 18.0. The number of halogens is 3. The van der Waals surface area contributed by atoms with E-state index in [0.29, 0.717) is 18.2 Å². The fourth-order valence-electron chi connectivity index (χ4n) is 2.45. The number of benzene rings is 1. The Bertz CT molecular complexity index is 965. The van der Waals surface area contributed by atoms with Crippen molar-refractivity contribution in [3.63, 3.8) is 0 Å². The van der Waals surface area contributed by atoms with E-state index in [9.17, 15) is 23.2 Å². The van der Waals surface area contributed by atoms with Crippen molar-refractivity contribution in [2.24, 2.45) is 0 Å². The summed E-state index contributed by atoms with van der Waals surface area (Å²) in [6, 6.07) is 5.59. The number of nitriles is 1. The third kappa shape index (κ3) is 6.73. The van der Waals surface area contributed by atoms with Crippen molar-refractivity contribution in [3.05, 3.63) is 35.4 Å². The minimum Gasteiger partial charge on any atom is -0.383 e. The van der Waals surface area contributed by atoms with Crippen LogP contribution in [0, 0.1) is 11.3 Å². The number of carbonyl (C=O) groups excluding carboxylic acids is 1. The van der Waals surface area contributed by atoms with Crippen molar-refractivity contribution in [1.29, 1.82) is 5.26 Å². The predicted molar refractivity (Wildman–Crippen MR) is 112 cm³/mol. The summed E-state index contributed by atoms with van der Waals surface area (Å²) in [4.78, 5) is 21.0. The lowest BCUT2D eigenvalue weighted by Crippen LogP contribution is -2.32. The number of anilines is 3. The van der Waals surface area contributed by atoms with Gasteiger partial charge >= 0.3 is 6.18 Å². The molecule has 1 amide bonds. The lowest BCUT2D eigenvalue weighted by molar-refractivity contribution is -0.137. The van der Waals surface area contributed by atoms with Crippen LogP contribution in [0.1, 0.15) is 18.1 Å². The van der Waals surface area contributed by atoms with Crippen molar-refractivity contribution in [2.75, 3.05) is 42.5 Å². The van der Waals surface area contributed by atoms with Crippen LogP contribution in [0.15, 0.2) is 29.3 Å². The van der Waals surface area contributed by atoms with Crippen LogP contribution in [0.25, 0.3) is 0 Å². The molecule has 1 aromatic carbocycles. The van der Waals surface area contributed by atoms with Crippen LogP contribution >= 0.6 is 11.8 Å². The zero-order valence-electron chi connectivity index (χ0n) is 17.0. The zero-order valence-corrected chi connectivity index (χ0v) is 17.8. The summed E-state index contributed by atoms with van der Waals surface area (Å²) in [5.41, 5.74) is -0.610. The quantitative estimate of drug-likeness (QED) is 0.299. The molecule has 0 fully saturated rings. The fourth-order valence-corrected chi connectivity index (χ4v) is 2.97. The minimum atomic E-state index is -4.49. The number of rotatable bonds is 9. The van der Waals surface area contributed by atoms with Gasteiger partial charge in [-0.25, -0.2) is 4.98 Å². The number of hydrogen-bond donors (Lipinski definition) is 3. The number of ether oxygens (including phenoxy) is 1. The highest BCUT2D eigenvalue weighted by atomic mass is 32.2. The number of nitrogens with zero attached hydrogens (tertiary/aromatic N) is 3. The molecule has 1 atom stereocenters.